The molecule has 3 heteroatoms. The zero-order valence-corrected chi connectivity index (χ0v) is 11.3. The van der Waals surface area contributed by atoms with Crippen LogP contribution in [0.1, 0.15) is 25.8 Å². The number of carbonyl (C=O) groups is 2. The van der Waals surface area contributed by atoms with Crippen molar-refractivity contribution in [2.24, 2.45) is 5.92 Å². The summed E-state index contributed by atoms with van der Waals surface area (Å²) in [5.74, 6) is -0.632. The van der Waals surface area contributed by atoms with Gasteiger partial charge in [-0.05, 0) is 17.9 Å². The van der Waals surface area contributed by atoms with Crippen molar-refractivity contribution < 1.29 is 14.3 Å². The van der Waals surface area contributed by atoms with Crippen LogP contribution in [0.2, 0.25) is 0 Å². The highest BCUT2D eigenvalue weighted by Gasteiger charge is 2.57. The summed E-state index contributed by atoms with van der Waals surface area (Å²) in [4.78, 5) is 25.0. The Balaban J connectivity index is 2.54. The maximum atomic E-state index is 12.7. The van der Waals surface area contributed by atoms with E-state index in [9.17, 15) is 9.59 Å². The van der Waals surface area contributed by atoms with Gasteiger partial charge >= 0.3 is 5.97 Å². The van der Waals surface area contributed by atoms with Crippen molar-refractivity contribution in [3.63, 3.8) is 0 Å². The molecule has 1 aromatic carbocycles. The molecule has 0 radical (unpaired) electrons. The third-order valence-electron chi connectivity index (χ3n) is 3.58. The molecule has 0 spiro atoms. The number of hydrogen-bond acceptors (Lipinski definition) is 3. The fourth-order valence-electron chi connectivity index (χ4n) is 2.55. The van der Waals surface area contributed by atoms with Crippen LogP contribution in [0.3, 0.4) is 0 Å². The first-order chi connectivity index (χ1) is 9.04. The molecule has 0 unspecified atom stereocenters. The summed E-state index contributed by atoms with van der Waals surface area (Å²) in [6.45, 7) is 7.43. The molecule has 2 rings (SSSR count). The molecule has 0 bridgehead atoms. The van der Waals surface area contributed by atoms with Gasteiger partial charge < -0.3 is 4.74 Å². The third kappa shape index (κ3) is 1.99. The Kier molecular flexibility index (Phi) is 3.56. The first-order valence-electron chi connectivity index (χ1n) is 6.46. The maximum absolute atomic E-state index is 12.7. The lowest BCUT2D eigenvalue weighted by molar-refractivity contribution is -0.147. The van der Waals surface area contributed by atoms with Gasteiger partial charge in [-0.2, -0.15) is 0 Å². The van der Waals surface area contributed by atoms with Crippen molar-refractivity contribution in [3.8, 4) is 0 Å². The van der Waals surface area contributed by atoms with Crippen LogP contribution >= 0.6 is 0 Å². The van der Waals surface area contributed by atoms with Gasteiger partial charge in [0.25, 0.3) is 0 Å². The molecule has 19 heavy (non-hydrogen) atoms. The van der Waals surface area contributed by atoms with E-state index in [-0.39, 0.29) is 18.1 Å². The average Bonchev–Trinajstić information content (AvgIpc) is 2.66. The van der Waals surface area contributed by atoms with E-state index in [0.29, 0.717) is 5.56 Å². The molecule has 1 saturated heterocycles. The minimum atomic E-state index is -1.21. The van der Waals surface area contributed by atoms with Crippen molar-refractivity contribution in [1.29, 1.82) is 0 Å². The molecule has 0 N–H and O–H groups in total. The van der Waals surface area contributed by atoms with Crippen LogP contribution in [0.5, 0.6) is 0 Å². The van der Waals surface area contributed by atoms with Gasteiger partial charge in [-0.1, -0.05) is 50.3 Å². The van der Waals surface area contributed by atoms with Crippen molar-refractivity contribution >= 4 is 11.8 Å². The molecule has 1 fully saturated rings. The number of ether oxygens (including phenoxy) is 1. The summed E-state index contributed by atoms with van der Waals surface area (Å²) in [5, 5.41) is 0. The van der Waals surface area contributed by atoms with Gasteiger partial charge in [0.1, 0.15) is 0 Å². The molecule has 0 aromatic heterocycles. The highest BCUT2D eigenvalue weighted by molar-refractivity contribution is 6.16. The smallest absolute Gasteiger partial charge is 0.325 e. The Morgan fingerprint density at radius 3 is 2.42 bits per heavy atom. The quantitative estimate of drug-likeness (QED) is 0.474. The second kappa shape index (κ2) is 5.00. The van der Waals surface area contributed by atoms with Crippen LogP contribution in [-0.4, -0.2) is 17.9 Å². The molecule has 3 nitrogen and oxygen atoms in total. The van der Waals surface area contributed by atoms with Gasteiger partial charge in [-0.15, -0.1) is 6.58 Å². The molecule has 0 amide bonds. The molecule has 1 aromatic rings. The van der Waals surface area contributed by atoms with Crippen molar-refractivity contribution in [2.45, 2.75) is 31.8 Å². The number of allylic oxidation sites excluding steroid dienone is 1. The molecular formula is C16H18O3. The maximum Gasteiger partial charge on any atom is 0.325 e. The highest BCUT2D eigenvalue weighted by Crippen LogP contribution is 2.39. The fourth-order valence-corrected chi connectivity index (χ4v) is 2.55. The summed E-state index contributed by atoms with van der Waals surface area (Å²) in [6.07, 6.45) is 1.22. The topological polar surface area (TPSA) is 43.4 Å². The van der Waals surface area contributed by atoms with Crippen molar-refractivity contribution in [2.75, 3.05) is 0 Å². The zero-order chi connectivity index (χ0) is 14.0. The first kappa shape index (κ1) is 13.5. The minimum Gasteiger partial charge on any atom is -0.453 e. The average molecular weight is 258 g/mol. The van der Waals surface area contributed by atoms with E-state index in [1.165, 1.54) is 0 Å². The summed E-state index contributed by atoms with van der Waals surface area (Å²) in [7, 11) is 0. The van der Waals surface area contributed by atoms with Crippen LogP contribution in [0, 0.1) is 5.92 Å². The Morgan fingerprint density at radius 1 is 1.32 bits per heavy atom. The van der Waals surface area contributed by atoms with Crippen LogP contribution in [-0.2, 0) is 19.7 Å². The SMILES string of the molecule is C=CC[C@]1(c2ccccc2)C(=O)O[C@@H](C(C)C)C1=O. The minimum absolute atomic E-state index is 0.0214. The van der Waals surface area contributed by atoms with Crippen molar-refractivity contribution in [1.82, 2.24) is 0 Å². The molecule has 2 atom stereocenters. The fraction of sp³-hybridized carbons (Fsp3) is 0.375. The van der Waals surface area contributed by atoms with E-state index in [1.54, 1.807) is 18.2 Å². The number of carbonyl (C=O) groups excluding carboxylic acids is 2. The monoisotopic (exact) mass is 258 g/mol. The van der Waals surface area contributed by atoms with E-state index >= 15 is 0 Å². The van der Waals surface area contributed by atoms with Gasteiger partial charge in [-0.25, -0.2) is 0 Å². The Bertz CT molecular complexity index is 504. The molecule has 0 aliphatic carbocycles. The number of ketones is 1. The summed E-state index contributed by atoms with van der Waals surface area (Å²) < 4.78 is 5.32. The van der Waals surface area contributed by atoms with Gasteiger partial charge in [0, 0.05) is 0 Å². The van der Waals surface area contributed by atoms with Crippen LogP contribution in [0.25, 0.3) is 0 Å². The first-order valence-corrected chi connectivity index (χ1v) is 6.46. The largest absolute Gasteiger partial charge is 0.453 e. The van der Waals surface area contributed by atoms with Crippen molar-refractivity contribution in [3.05, 3.63) is 48.6 Å². The zero-order valence-electron chi connectivity index (χ0n) is 11.3. The number of esters is 1. The standard InChI is InChI=1S/C16H18O3/c1-4-10-16(12-8-6-5-7-9-12)14(17)13(11(2)3)19-15(16)18/h4-9,11,13H,1,10H2,2-3H3/t13-,16+/m0/s1. The number of hydrogen-bond donors (Lipinski definition) is 0. The van der Waals surface area contributed by atoms with E-state index in [1.807, 2.05) is 32.0 Å². The molecular weight excluding hydrogens is 240 g/mol. The predicted molar refractivity (Wildman–Crippen MR) is 72.7 cm³/mol. The number of cyclic esters (lactones) is 1. The predicted octanol–water partition coefficient (Wildman–Crippen LogP) is 2.65. The van der Waals surface area contributed by atoms with Crippen LogP contribution in [0.4, 0.5) is 0 Å². The van der Waals surface area contributed by atoms with Gasteiger partial charge in [-0.3, -0.25) is 9.59 Å². The molecule has 1 aliphatic heterocycles. The van der Waals surface area contributed by atoms with Crippen LogP contribution < -0.4 is 0 Å². The summed E-state index contributed by atoms with van der Waals surface area (Å²) in [6, 6.07) is 9.10. The summed E-state index contributed by atoms with van der Waals surface area (Å²) >= 11 is 0. The lowest BCUT2D eigenvalue weighted by atomic mass is 9.73. The highest BCUT2D eigenvalue weighted by atomic mass is 16.6. The van der Waals surface area contributed by atoms with E-state index in [4.69, 9.17) is 4.74 Å². The Hall–Kier alpha value is -1.90. The second-order valence-electron chi connectivity index (χ2n) is 5.20. The van der Waals surface area contributed by atoms with E-state index in [2.05, 4.69) is 6.58 Å². The van der Waals surface area contributed by atoms with Crippen LogP contribution in [0.15, 0.2) is 43.0 Å². The number of benzene rings is 1. The second-order valence-corrected chi connectivity index (χ2v) is 5.20. The Morgan fingerprint density at radius 2 is 1.95 bits per heavy atom. The van der Waals surface area contributed by atoms with E-state index < -0.39 is 17.5 Å². The van der Waals surface area contributed by atoms with E-state index in [0.717, 1.165) is 0 Å². The van der Waals surface area contributed by atoms with Gasteiger partial charge in [0.05, 0.1) is 0 Å². The molecule has 0 saturated carbocycles. The molecule has 1 aliphatic rings. The lowest BCUT2D eigenvalue weighted by Gasteiger charge is -2.22. The lowest BCUT2D eigenvalue weighted by Crippen LogP contribution is -2.40. The molecule has 1 heterocycles. The third-order valence-corrected chi connectivity index (χ3v) is 3.58. The van der Waals surface area contributed by atoms with Gasteiger partial charge in [0.2, 0.25) is 0 Å². The Labute approximate surface area is 113 Å². The number of Topliss-reactive ketones (excluding diaryl/α,β-unsaturated/α-hetero) is 1. The van der Waals surface area contributed by atoms with Gasteiger partial charge in [0.15, 0.2) is 17.3 Å². The summed E-state index contributed by atoms with van der Waals surface area (Å²) in [5.41, 5.74) is -0.522. The molecule has 100 valence electrons. The normalized spacial score (nSPS) is 26.6. The number of rotatable bonds is 4.